The summed E-state index contributed by atoms with van der Waals surface area (Å²) in [6.07, 6.45) is 1.41. The number of amides is 2. The molecule has 1 atom stereocenters. The maximum Gasteiger partial charge on any atom is 0.274 e. The molecule has 2 aromatic carbocycles. The standard InChI is InChI=1S/C19H18N6O4/c26-18(21-28)14-6-7-15-11-24(8-9-29-16(15)10-14)19(27)17(25-12-20-22-23-25)13-4-2-1-3-5-13/h1-7,10,12,17,28H,8-9,11H2,(H,21,26). The van der Waals surface area contributed by atoms with Gasteiger partial charge in [0.1, 0.15) is 18.7 Å². The number of hydroxylamine groups is 1. The van der Waals surface area contributed by atoms with Gasteiger partial charge in [-0.1, -0.05) is 36.4 Å². The van der Waals surface area contributed by atoms with Crippen molar-refractivity contribution in [1.82, 2.24) is 30.6 Å². The van der Waals surface area contributed by atoms with Crippen LogP contribution in [0.3, 0.4) is 0 Å². The van der Waals surface area contributed by atoms with Crippen molar-refractivity contribution in [2.45, 2.75) is 12.6 Å². The molecule has 2 heterocycles. The van der Waals surface area contributed by atoms with Gasteiger partial charge in [-0.3, -0.25) is 14.8 Å². The molecule has 1 aromatic heterocycles. The van der Waals surface area contributed by atoms with Crippen molar-refractivity contribution in [2.75, 3.05) is 13.2 Å². The van der Waals surface area contributed by atoms with E-state index in [0.717, 1.165) is 11.1 Å². The number of hydrogen-bond donors (Lipinski definition) is 2. The molecule has 0 saturated carbocycles. The average molecular weight is 394 g/mol. The molecule has 0 saturated heterocycles. The first-order valence-corrected chi connectivity index (χ1v) is 8.93. The van der Waals surface area contributed by atoms with Gasteiger partial charge in [-0.05, 0) is 28.1 Å². The lowest BCUT2D eigenvalue weighted by molar-refractivity contribution is -0.134. The number of nitrogens with one attached hydrogen (secondary N) is 1. The molecule has 10 nitrogen and oxygen atoms in total. The number of benzene rings is 2. The number of ether oxygens (including phenoxy) is 1. The quantitative estimate of drug-likeness (QED) is 0.496. The minimum atomic E-state index is -0.702. The van der Waals surface area contributed by atoms with Crippen molar-refractivity contribution < 1.29 is 19.5 Å². The Kier molecular flexibility index (Phi) is 5.16. The normalized spacial score (nSPS) is 14.3. The fourth-order valence-electron chi connectivity index (χ4n) is 3.27. The molecular formula is C19H18N6O4. The van der Waals surface area contributed by atoms with Gasteiger partial charge >= 0.3 is 0 Å². The van der Waals surface area contributed by atoms with E-state index in [4.69, 9.17) is 9.94 Å². The molecule has 4 rings (SSSR count). The third-order valence-corrected chi connectivity index (χ3v) is 4.70. The van der Waals surface area contributed by atoms with Crippen molar-refractivity contribution in [1.29, 1.82) is 0 Å². The Bertz CT molecular complexity index is 1010. The lowest BCUT2D eigenvalue weighted by Gasteiger charge is -2.25. The van der Waals surface area contributed by atoms with Crippen LogP contribution in [0.2, 0.25) is 0 Å². The van der Waals surface area contributed by atoms with Gasteiger partial charge in [0, 0.05) is 17.7 Å². The zero-order valence-electron chi connectivity index (χ0n) is 15.3. The fraction of sp³-hybridized carbons (Fsp3) is 0.211. The molecule has 0 radical (unpaired) electrons. The monoisotopic (exact) mass is 394 g/mol. The number of tetrazole rings is 1. The van der Waals surface area contributed by atoms with Crippen molar-refractivity contribution >= 4 is 11.8 Å². The van der Waals surface area contributed by atoms with E-state index in [9.17, 15) is 9.59 Å². The molecule has 148 valence electrons. The number of rotatable bonds is 4. The number of carbonyl (C=O) groups is 2. The fourth-order valence-corrected chi connectivity index (χ4v) is 3.27. The third-order valence-electron chi connectivity index (χ3n) is 4.70. The number of fused-ring (bicyclic) bond motifs is 1. The van der Waals surface area contributed by atoms with Gasteiger partial charge in [0.25, 0.3) is 11.8 Å². The van der Waals surface area contributed by atoms with E-state index in [1.54, 1.807) is 28.6 Å². The summed E-state index contributed by atoms with van der Waals surface area (Å²) in [5.41, 5.74) is 3.39. The second-order valence-corrected chi connectivity index (χ2v) is 6.47. The Morgan fingerprint density at radius 3 is 2.72 bits per heavy atom. The molecule has 1 aliphatic rings. The Balaban J connectivity index is 1.63. The van der Waals surface area contributed by atoms with Crippen LogP contribution in [0.1, 0.15) is 27.5 Å². The predicted octanol–water partition coefficient (Wildman–Crippen LogP) is 0.803. The van der Waals surface area contributed by atoms with E-state index >= 15 is 0 Å². The number of hydrogen-bond acceptors (Lipinski definition) is 7. The van der Waals surface area contributed by atoms with Crippen LogP contribution in [-0.2, 0) is 11.3 Å². The first-order chi connectivity index (χ1) is 14.2. The highest BCUT2D eigenvalue weighted by molar-refractivity contribution is 5.94. The van der Waals surface area contributed by atoms with Gasteiger partial charge in [0.05, 0.1) is 6.54 Å². The van der Waals surface area contributed by atoms with Crippen molar-refractivity contribution in [3.05, 3.63) is 71.5 Å². The topological polar surface area (TPSA) is 122 Å². The molecular weight excluding hydrogens is 376 g/mol. The summed E-state index contributed by atoms with van der Waals surface area (Å²) < 4.78 is 7.17. The second-order valence-electron chi connectivity index (χ2n) is 6.47. The Labute approximate surface area is 165 Å². The van der Waals surface area contributed by atoms with Gasteiger partial charge in [-0.2, -0.15) is 0 Å². The van der Waals surface area contributed by atoms with E-state index < -0.39 is 11.9 Å². The molecule has 0 spiro atoms. The maximum atomic E-state index is 13.4. The summed E-state index contributed by atoms with van der Waals surface area (Å²) in [6, 6.07) is 13.4. The van der Waals surface area contributed by atoms with Crippen LogP contribution in [0.15, 0.2) is 54.9 Å². The molecule has 1 unspecified atom stereocenters. The summed E-state index contributed by atoms with van der Waals surface area (Å²) in [5.74, 6) is -0.298. The van der Waals surface area contributed by atoms with E-state index in [0.29, 0.717) is 18.8 Å². The van der Waals surface area contributed by atoms with Gasteiger partial charge in [0.15, 0.2) is 6.04 Å². The minimum absolute atomic E-state index is 0.169. The highest BCUT2D eigenvalue weighted by Gasteiger charge is 2.30. The zero-order chi connectivity index (χ0) is 20.2. The van der Waals surface area contributed by atoms with E-state index in [-0.39, 0.29) is 18.1 Å². The minimum Gasteiger partial charge on any atom is -0.491 e. The molecule has 1 aliphatic heterocycles. The highest BCUT2D eigenvalue weighted by Crippen LogP contribution is 2.27. The molecule has 0 bridgehead atoms. The van der Waals surface area contributed by atoms with Crippen LogP contribution in [-0.4, -0.2) is 55.3 Å². The third kappa shape index (κ3) is 3.78. The van der Waals surface area contributed by atoms with Gasteiger partial charge in [0.2, 0.25) is 0 Å². The largest absolute Gasteiger partial charge is 0.491 e. The van der Waals surface area contributed by atoms with Crippen molar-refractivity contribution in [2.24, 2.45) is 0 Å². The average Bonchev–Trinajstić information content (AvgIpc) is 3.19. The summed E-state index contributed by atoms with van der Waals surface area (Å²) in [7, 11) is 0. The molecule has 10 heteroatoms. The molecule has 3 aromatic rings. The van der Waals surface area contributed by atoms with Crippen LogP contribution in [0.4, 0.5) is 0 Å². The first-order valence-electron chi connectivity index (χ1n) is 8.93. The van der Waals surface area contributed by atoms with Crippen LogP contribution >= 0.6 is 0 Å². The molecule has 0 fully saturated rings. The Hall–Kier alpha value is -3.79. The van der Waals surface area contributed by atoms with Crippen molar-refractivity contribution in [3.63, 3.8) is 0 Å². The van der Waals surface area contributed by atoms with Crippen LogP contribution in [0, 0.1) is 0 Å². The van der Waals surface area contributed by atoms with E-state index in [1.807, 2.05) is 30.3 Å². The van der Waals surface area contributed by atoms with Crippen LogP contribution in [0.25, 0.3) is 0 Å². The summed E-state index contributed by atoms with van der Waals surface area (Å²) in [5, 5.41) is 20.1. The Morgan fingerprint density at radius 2 is 2.00 bits per heavy atom. The van der Waals surface area contributed by atoms with Crippen LogP contribution < -0.4 is 10.2 Å². The van der Waals surface area contributed by atoms with Gasteiger partial charge in [-0.25, -0.2) is 10.2 Å². The lowest BCUT2D eigenvalue weighted by Crippen LogP contribution is -2.39. The molecule has 0 aliphatic carbocycles. The zero-order valence-corrected chi connectivity index (χ0v) is 15.3. The molecule has 2 N–H and O–H groups in total. The SMILES string of the molecule is O=C(NO)c1ccc2c(c1)OCCN(C(=O)C(c1ccccc1)n1cnnn1)C2. The van der Waals surface area contributed by atoms with Gasteiger partial charge in [-0.15, -0.1) is 5.10 Å². The van der Waals surface area contributed by atoms with Gasteiger partial charge < -0.3 is 9.64 Å². The summed E-state index contributed by atoms with van der Waals surface area (Å²) in [4.78, 5) is 26.7. The van der Waals surface area contributed by atoms with Crippen LogP contribution in [0.5, 0.6) is 5.75 Å². The predicted molar refractivity (Wildman–Crippen MR) is 99.0 cm³/mol. The Morgan fingerprint density at radius 1 is 1.17 bits per heavy atom. The number of nitrogens with zero attached hydrogens (tertiary/aromatic N) is 5. The lowest BCUT2D eigenvalue weighted by atomic mass is 10.0. The molecule has 2 amide bonds. The summed E-state index contributed by atoms with van der Waals surface area (Å²) >= 11 is 0. The first kappa shape index (κ1) is 18.6. The smallest absolute Gasteiger partial charge is 0.274 e. The van der Waals surface area contributed by atoms with Crippen molar-refractivity contribution in [3.8, 4) is 5.75 Å². The molecule has 29 heavy (non-hydrogen) atoms. The maximum absolute atomic E-state index is 13.4. The number of carbonyl (C=O) groups excluding carboxylic acids is 2. The highest BCUT2D eigenvalue weighted by atomic mass is 16.5. The summed E-state index contributed by atoms with van der Waals surface area (Å²) in [6.45, 7) is 0.932. The van der Waals surface area contributed by atoms with E-state index in [1.165, 1.54) is 11.0 Å². The number of aromatic nitrogens is 4. The second kappa shape index (κ2) is 8.07. The van der Waals surface area contributed by atoms with E-state index in [2.05, 4.69) is 15.5 Å².